The third-order valence-electron chi connectivity index (χ3n) is 6.81. The number of carbonyl (C=O) groups is 1. The second kappa shape index (κ2) is 10.0. The van der Waals surface area contributed by atoms with E-state index >= 15 is 0 Å². The lowest BCUT2D eigenvalue weighted by molar-refractivity contribution is -0.118. The summed E-state index contributed by atoms with van der Waals surface area (Å²) in [5, 5.41) is 3.38. The highest BCUT2D eigenvalue weighted by Gasteiger charge is 2.40. The van der Waals surface area contributed by atoms with Crippen LogP contribution in [0.15, 0.2) is 53.5 Å². The third kappa shape index (κ3) is 4.94. The molecule has 0 radical (unpaired) electrons. The van der Waals surface area contributed by atoms with Crippen molar-refractivity contribution in [3.05, 3.63) is 54.1 Å². The number of ether oxygens (including phenoxy) is 1. The van der Waals surface area contributed by atoms with Crippen LogP contribution in [0.5, 0.6) is 5.75 Å². The molecule has 1 N–H and O–H groups in total. The van der Waals surface area contributed by atoms with Gasteiger partial charge >= 0.3 is 0 Å². The monoisotopic (exact) mass is 450 g/mol. The van der Waals surface area contributed by atoms with Gasteiger partial charge in [0, 0.05) is 37.6 Å². The first-order chi connectivity index (χ1) is 16.2. The number of likely N-dealkylation sites (tertiary alicyclic amines) is 1. The zero-order valence-electron chi connectivity index (χ0n) is 18.8. The summed E-state index contributed by atoms with van der Waals surface area (Å²) in [5.74, 6) is 0.528. The predicted octanol–water partition coefficient (Wildman–Crippen LogP) is 3.69. The van der Waals surface area contributed by atoms with Crippen LogP contribution in [0.25, 0.3) is 0 Å². The number of benzene rings is 2. The van der Waals surface area contributed by atoms with Gasteiger partial charge in [0.2, 0.25) is 5.91 Å². The molecule has 3 aliphatic heterocycles. The fourth-order valence-corrected chi connectivity index (χ4v) is 5.03. The normalized spacial score (nSPS) is 24.0. The summed E-state index contributed by atoms with van der Waals surface area (Å²) in [7, 11) is 0. The Bertz CT molecular complexity index is 990. The summed E-state index contributed by atoms with van der Waals surface area (Å²) in [4.78, 5) is 22.1. The number of amides is 1. The largest absolute Gasteiger partial charge is 0.492 e. The Balaban J connectivity index is 1.22. The highest BCUT2D eigenvalue weighted by molar-refractivity contribution is 6.14. The lowest BCUT2D eigenvalue weighted by Gasteiger charge is -2.32. The fourth-order valence-electron chi connectivity index (χ4n) is 5.03. The minimum Gasteiger partial charge on any atom is -0.492 e. The van der Waals surface area contributed by atoms with E-state index in [9.17, 15) is 9.18 Å². The van der Waals surface area contributed by atoms with Crippen LogP contribution < -0.4 is 15.0 Å². The number of nitrogens with zero attached hydrogens (tertiary/aromatic N) is 3. The highest BCUT2D eigenvalue weighted by Crippen LogP contribution is 2.39. The van der Waals surface area contributed by atoms with Crippen molar-refractivity contribution in [2.75, 3.05) is 44.2 Å². The van der Waals surface area contributed by atoms with E-state index < -0.39 is 6.17 Å². The van der Waals surface area contributed by atoms with E-state index in [2.05, 4.69) is 15.2 Å². The maximum absolute atomic E-state index is 13.4. The molecule has 2 aromatic rings. The van der Waals surface area contributed by atoms with Crippen molar-refractivity contribution in [3.8, 4) is 5.75 Å². The first kappa shape index (κ1) is 22.0. The first-order valence-corrected chi connectivity index (χ1v) is 12.0. The van der Waals surface area contributed by atoms with Crippen LogP contribution in [0, 0.1) is 0 Å². The Morgan fingerprint density at radius 3 is 2.64 bits per heavy atom. The Hall–Kier alpha value is -2.77. The molecule has 2 unspecified atom stereocenters. The van der Waals surface area contributed by atoms with Crippen LogP contribution in [0.3, 0.4) is 0 Å². The van der Waals surface area contributed by atoms with Gasteiger partial charge in [-0.2, -0.15) is 0 Å². The average molecular weight is 451 g/mol. The number of carbonyl (C=O) groups excluding carboxylic acids is 1. The van der Waals surface area contributed by atoms with Crippen molar-refractivity contribution >= 4 is 23.5 Å². The minimum absolute atomic E-state index is 0.115. The molecule has 0 aromatic heterocycles. The number of nitrogens with one attached hydrogen (secondary N) is 1. The van der Waals surface area contributed by atoms with Crippen LogP contribution in [0.4, 0.5) is 15.8 Å². The van der Waals surface area contributed by atoms with Crippen molar-refractivity contribution in [1.82, 2.24) is 10.2 Å². The van der Waals surface area contributed by atoms with E-state index in [0.717, 1.165) is 61.7 Å². The first-order valence-electron chi connectivity index (χ1n) is 12.0. The van der Waals surface area contributed by atoms with Gasteiger partial charge in [-0.3, -0.25) is 14.7 Å². The summed E-state index contributed by atoms with van der Waals surface area (Å²) >= 11 is 0. The Kier molecular flexibility index (Phi) is 6.69. The van der Waals surface area contributed by atoms with E-state index in [4.69, 9.17) is 4.74 Å². The van der Waals surface area contributed by atoms with Crippen LogP contribution in [0.1, 0.15) is 30.7 Å². The van der Waals surface area contributed by atoms with Crippen LogP contribution in [-0.2, 0) is 4.79 Å². The maximum atomic E-state index is 13.4. The SMILES string of the molecule is O=C1C(C=Nc2ccc(OCCN3CCC(F)C3)cc2)c2ccccc2N1C1CCNCC1. The molecule has 3 heterocycles. The number of rotatable bonds is 7. The number of fused-ring (bicyclic) bond motifs is 1. The molecule has 1 amide bonds. The van der Waals surface area contributed by atoms with E-state index in [-0.39, 0.29) is 17.9 Å². The molecule has 0 saturated carbocycles. The molecule has 7 heteroatoms. The number of piperidine rings is 1. The van der Waals surface area contributed by atoms with E-state index in [1.165, 1.54) is 0 Å². The number of hydrogen-bond donors (Lipinski definition) is 1. The van der Waals surface area contributed by atoms with E-state index in [1.54, 1.807) is 6.21 Å². The Morgan fingerprint density at radius 2 is 1.88 bits per heavy atom. The van der Waals surface area contributed by atoms with Gasteiger partial charge in [0.25, 0.3) is 0 Å². The van der Waals surface area contributed by atoms with Gasteiger partial charge in [-0.05, 0) is 68.2 Å². The maximum Gasteiger partial charge on any atom is 0.240 e. The molecule has 174 valence electrons. The molecular formula is C26H31FN4O2. The molecule has 2 atom stereocenters. The lowest BCUT2D eigenvalue weighted by atomic mass is 10.0. The summed E-state index contributed by atoms with van der Waals surface area (Å²) < 4.78 is 19.1. The fraction of sp³-hybridized carbons (Fsp3) is 0.462. The molecule has 2 aromatic carbocycles. The van der Waals surface area contributed by atoms with Crippen LogP contribution >= 0.6 is 0 Å². The van der Waals surface area contributed by atoms with Gasteiger partial charge in [-0.15, -0.1) is 0 Å². The number of anilines is 1. The third-order valence-corrected chi connectivity index (χ3v) is 6.81. The quantitative estimate of drug-likeness (QED) is 0.654. The molecule has 5 rings (SSSR count). The minimum atomic E-state index is -0.701. The van der Waals surface area contributed by atoms with Crippen molar-refractivity contribution < 1.29 is 13.9 Å². The second-order valence-electron chi connectivity index (χ2n) is 9.03. The molecule has 3 aliphatic rings. The predicted molar refractivity (Wildman–Crippen MR) is 129 cm³/mol. The van der Waals surface area contributed by atoms with Gasteiger partial charge in [0.1, 0.15) is 24.4 Å². The van der Waals surface area contributed by atoms with E-state index in [1.807, 2.05) is 53.4 Å². The van der Waals surface area contributed by atoms with Gasteiger partial charge in [0.15, 0.2) is 0 Å². The Labute approximate surface area is 194 Å². The zero-order chi connectivity index (χ0) is 22.6. The van der Waals surface area contributed by atoms with Crippen LogP contribution in [0.2, 0.25) is 0 Å². The van der Waals surface area contributed by atoms with Crippen molar-refractivity contribution in [1.29, 1.82) is 0 Å². The Morgan fingerprint density at radius 1 is 1.09 bits per heavy atom. The smallest absolute Gasteiger partial charge is 0.240 e. The molecular weight excluding hydrogens is 419 g/mol. The van der Waals surface area contributed by atoms with Crippen molar-refractivity contribution in [3.63, 3.8) is 0 Å². The van der Waals surface area contributed by atoms with Crippen molar-refractivity contribution in [2.24, 2.45) is 4.99 Å². The number of para-hydroxylation sites is 1. The van der Waals surface area contributed by atoms with E-state index in [0.29, 0.717) is 19.6 Å². The number of hydrogen-bond acceptors (Lipinski definition) is 5. The topological polar surface area (TPSA) is 57.2 Å². The number of aliphatic imine (C=N–C) groups is 1. The zero-order valence-corrected chi connectivity index (χ0v) is 18.8. The highest BCUT2D eigenvalue weighted by atomic mass is 19.1. The number of halogens is 1. The molecule has 33 heavy (non-hydrogen) atoms. The van der Waals surface area contributed by atoms with Crippen molar-refractivity contribution in [2.45, 2.75) is 37.4 Å². The second-order valence-corrected chi connectivity index (χ2v) is 9.03. The average Bonchev–Trinajstić information content (AvgIpc) is 3.39. The van der Waals surface area contributed by atoms with Gasteiger partial charge in [-0.1, -0.05) is 18.2 Å². The lowest BCUT2D eigenvalue weighted by Crippen LogP contribution is -2.45. The molecule has 0 aliphatic carbocycles. The summed E-state index contributed by atoms with van der Waals surface area (Å²) in [6, 6.07) is 15.9. The van der Waals surface area contributed by atoms with Gasteiger partial charge in [0.05, 0.1) is 5.69 Å². The molecule has 0 bridgehead atoms. The van der Waals surface area contributed by atoms with Crippen LogP contribution in [-0.4, -0.2) is 68.6 Å². The molecule has 6 nitrogen and oxygen atoms in total. The molecule has 2 fully saturated rings. The summed E-state index contributed by atoms with van der Waals surface area (Å²) in [5.41, 5.74) is 2.83. The number of alkyl halides is 1. The standard InChI is InChI=1S/C26H31FN4O2/c27-19-11-14-30(18-19)15-16-33-22-7-5-20(6-8-22)29-17-24-23-3-1-2-4-25(23)31(26(24)32)21-9-12-28-13-10-21/h1-8,17,19,21,24,28H,9-16,18H2. The van der Waals surface area contributed by atoms with Gasteiger partial charge in [-0.25, -0.2) is 4.39 Å². The summed E-state index contributed by atoms with van der Waals surface area (Å²) in [6.45, 7) is 4.47. The summed E-state index contributed by atoms with van der Waals surface area (Å²) in [6.07, 6.45) is 3.64. The van der Waals surface area contributed by atoms with Gasteiger partial charge < -0.3 is 15.0 Å². The molecule has 0 spiro atoms. The molecule has 2 saturated heterocycles.